The van der Waals surface area contributed by atoms with E-state index in [2.05, 4.69) is 15.6 Å². The topological polar surface area (TPSA) is 74.3 Å². The van der Waals surface area contributed by atoms with E-state index in [-0.39, 0.29) is 30.6 Å². The molecule has 1 saturated heterocycles. The zero-order valence-corrected chi connectivity index (χ0v) is 15.2. The number of nitrogens with zero attached hydrogens (tertiary/aromatic N) is 2. The van der Waals surface area contributed by atoms with Gasteiger partial charge in [-0.05, 0) is 17.2 Å². The predicted octanol–water partition coefficient (Wildman–Crippen LogP) is 1.51. The number of amides is 2. The lowest BCUT2D eigenvalue weighted by molar-refractivity contribution is -0.138. The molecule has 1 aliphatic rings. The monoisotopic (exact) mass is 374 g/mol. The molecular weight excluding hydrogens is 352 g/mol. The molecule has 2 heterocycles. The second kappa shape index (κ2) is 9.89. The number of aromatic nitrogens is 1. The quantitative estimate of drug-likeness (QED) is 0.803. The van der Waals surface area contributed by atoms with Gasteiger partial charge in [0, 0.05) is 38.6 Å². The fraction of sp³-hybridized carbons (Fsp3) is 0.316. The van der Waals surface area contributed by atoms with Gasteiger partial charge in [0.05, 0.1) is 12.5 Å². The third-order valence-corrected chi connectivity index (χ3v) is 4.20. The molecule has 1 unspecified atom stereocenters. The van der Waals surface area contributed by atoms with E-state index in [1.165, 1.54) is 0 Å². The van der Waals surface area contributed by atoms with Crippen molar-refractivity contribution in [2.45, 2.75) is 25.6 Å². The molecule has 1 fully saturated rings. The average Bonchev–Trinajstić information content (AvgIpc) is 2.65. The predicted molar refractivity (Wildman–Crippen MR) is 102 cm³/mol. The third-order valence-electron chi connectivity index (χ3n) is 4.20. The first-order valence-corrected chi connectivity index (χ1v) is 8.44. The fourth-order valence-corrected chi connectivity index (χ4v) is 2.87. The van der Waals surface area contributed by atoms with Crippen LogP contribution in [0.2, 0.25) is 0 Å². The summed E-state index contributed by atoms with van der Waals surface area (Å²) in [5.74, 6) is -0.164. The van der Waals surface area contributed by atoms with E-state index in [1.807, 2.05) is 47.4 Å². The minimum absolute atomic E-state index is 0. The van der Waals surface area contributed by atoms with Crippen molar-refractivity contribution in [1.29, 1.82) is 0 Å². The van der Waals surface area contributed by atoms with Crippen LogP contribution in [0.15, 0.2) is 54.9 Å². The Labute approximate surface area is 159 Å². The highest BCUT2D eigenvalue weighted by Crippen LogP contribution is 2.10. The number of pyridine rings is 1. The Hall–Kier alpha value is -2.44. The highest BCUT2D eigenvalue weighted by molar-refractivity contribution is 5.88. The standard InChI is InChI=1S/C19H22N4O2.ClH/c24-18(22-13-16-7-4-8-20-12-16)11-17-19(25)23(10-9-21-17)14-15-5-2-1-3-6-15;/h1-8,12,17,21H,9-11,13-14H2,(H,22,24);1H. The summed E-state index contributed by atoms with van der Waals surface area (Å²) >= 11 is 0. The first kappa shape index (κ1) is 19.9. The van der Waals surface area contributed by atoms with Crippen LogP contribution in [0, 0.1) is 0 Å². The van der Waals surface area contributed by atoms with E-state index >= 15 is 0 Å². The average molecular weight is 375 g/mol. The van der Waals surface area contributed by atoms with Crippen molar-refractivity contribution in [2.24, 2.45) is 0 Å². The van der Waals surface area contributed by atoms with Crippen molar-refractivity contribution in [3.8, 4) is 0 Å². The Bertz CT molecular complexity index is 712. The maximum absolute atomic E-state index is 12.6. The smallest absolute Gasteiger partial charge is 0.240 e. The SMILES string of the molecule is Cl.O=C(CC1NCCN(Cc2ccccc2)C1=O)NCc1cccnc1. The van der Waals surface area contributed by atoms with Crippen LogP contribution in [0.4, 0.5) is 0 Å². The van der Waals surface area contributed by atoms with Gasteiger partial charge in [0.15, 0.2) is 0 Å². The van der Waals surface area contributed by atoms with Crippen molar-refractivity contribution in [1.82, 2.24) is 20.5 Å². The maximum atomic E-state index is 12.6. The molecule has 1 aliphatic heterocycles. The molecule has 1 atom stereocenters. The number of halogens is 1. The largest absolute Gasteiger partial charge is 0.352 e. The van der Waals surface area contributed by atoms with E-state index in [1.54, 1.807) is 12.4 Å². The number of piperazine rings is 1. The summed E-state index contributed by atoms with van der Waals surface area (Å²) in [6.45, 7) is 2.34. The number of hydrogen-bond acceptors (Lipinski definition) is 4. The van der Waals surface area contributed by atoms with Crippen LogP contribution >= 0.6 is 12.4 Å². The molecule has 2 N–H and O–H groups in total. The summed E-state index contributed by atoms with van der Waals surface area (Å²) in [7, 11) is 0. The first-order valence-electron chi connectivity index (χ1n) is 8.44. The van der Waals surface area contributed by atoms with Crippen LogP contribution in [-0.4, -0.2) is 40.8 Å². The molecule has 6 nitrogen and oxygen atoms in total. The molecule has 0 spiro atoms. The van der Waals surface area contributed by atoms with Gasteiger partial charge in [-0.25, -0.2) is 0 Å². The van der Waals surface area contributed by atoms with Crippen molar-refractivity contribution in [3.05, 3.63) is 66.0 Å². The summed E-state index contributed by atoms with van der Waals surface area (Å²) < 4.78 is 0. The molecule has 2 aromatic rings. The lowest BCUT2D eigenvalue weighted by atomic mass is 10.1. The summed E-state index contributed by atoms with van der Waals surface area (Å²) in [5, 5.41) is 5.99. The molecule has 2 amide bonds. The van der Waals surface area contributed by atoms with Crippen LogP contribution in [0.5, 0.6) is 0 Å². The van der Waals surface area contributed by atoms with Gasteiger partial charge in [0.25, 0.3) is 0 Å². The third kappa shape index (κ3) is 5.54. The minimum atomic E-state index is -0.466. The van der Waals surface area contributed by atoms with Crippen LogP contribution in [-0.2, 0) is 22.7 Å². The number of carbonyl (C=O) groups excluding carboxylic acids is 2. The summed E-state index contributed by atoms with van der Waals surface area (Å²) in [6, 6.07) is 13.2. The number of carbonyl (C=O) groups is 2. The molecule has 7 heteroatoms. The summed E-state index contributed by atoms with van der Waals surface area (Å²) in [6.07, 6.45) is 3.55. The number of hydrogen-bond donors (Lipinski definition) is 2. The lowest BCUT2D eigenvalue weighted by Gasteiger charge is -2.33. The molecule has 0 aliphatic carbocycles. The Balaban J connectivity index is 0.00000243. The second-order valence-electron chi connectivity index (χ2n) is 6.09. The van der Waals surface area contributed by atoms with E-state index in [0.717, 1.165) is 11.1 Å². The van der Waals surface area contributed by atoms with Gasteiger partial charge in [0.2, 0.25) is 11.8 Å². The molecule has 1 aromatic heterocycles. The molecular formula is C19H23ClN4O2. The van der Waals surface area contributed by atoms with Gasteiger partial charge in [-0.3, -0.25) is 14.6 Å². The van der Waals surface area contributed by atoms with Gasteiger partial charge >= 0.3 is 0 Å². The van der Waals surface area contributed by atoms with Crippen molar-refractivity contribution < 1.29 is 9.59 Å². The molecule has 138 valence electrons. The Morgan fingerprint density at radius 2 is 1.96 bits per heavy atom. The fourth-order valence-electron chi connectivity index (χ4n) is 2.87. The van der Waals surface area contributed by atoms with Gasteiger partial charge < -0.3 is 15.5 Å². The molecule has 3 rings (SSSR count). The van der Waals surface area contributed by atoms with Crippen LogP contribution in [0.3, 0.4) is 0 Å². The molecule has 26 heavy (non-hydrogen) atoms. The highest BCUT2D eigenvalue weighted by Gasteiger charge is 2.29. The Morgan fingerprint density at radius 3 is 2.69 bits per heavy atom. The molecule has 1 aromatic carbocycles. The first-order chi connectivity index (χ1) is 12.2. The van der Waals surface area contributed by atoms with Gasteiger partial charge in [0.1, 0.15) is 0 Å². The second-order valence-corrected chi connectivity index (χ2v) is 6.09. The molecule has 0 radical (unpaired) electrons. The zero-order valence-electron chi connectivity index (χ0n) is 14.4. The summed E-state index contributed by atoms with van der Waals surface area (Å²) in [4.78, 5) is 30.6. The Kier molecular flexibility index (Phi) is 7.56. The van der Waals surface area contributed by atoms with Gasteiger partial charge in [-0.1, -0.05) is 36.4 Å². The normalized spacial score (nSPS) is 16.7. The highest BCUT2D eigenvalue weighted by atomic mass is 35.5. The molecule has 0 saturated carbocycles. The van der Waals surface area contributed by atoms with Crippen molar-refractivity contribution in [3.63, 3.8) is 0 Å². The number of rotatable bonds is 6. The zero-order chi connectivity index (χ0) is 17.5. The van der Waals surface area contributed by atoms with Gasteiger partial charge in [-0.2, -0.15) is 0 Å². The van der Waals surface area contributed by atoms with Crippen molar-refractivity contribution >= 4 is 24.2 Å². The lowest BCUT2D eigenvalue weighted by Crippen LogP contribution is -2.55. The number of nitrogens with one attached hydrogen (secondary N) is 2. The van der Waals surface area contributed by atoms with Gasteiger partial charge in [-0.15, -0.1) is 12.4 Å². The van der Waals surface area contributed by atoms with E-state index in [9.17, 15) is 9.59 Å². The minimum Gasteiger partial charge on any atom is -0.352 e. The van der Waals surface area contributed by atoms with E-state index < -0.39 is 6.04 Å². The Morgan fingerprint density at radius 1 is 1.19 bits per heavy atom. The molecule has 0 bridgehead atoms. The van der Waals surface area contributed by atoms with E-state index in [4.69, 9.17) is 0 Å². The van der Waals surface area contributed by atoms with Crippen LogP contribution in [0.1, 0.15) is 17.5 Å². The summed E-state index contributed by atoms with van der Waals surface area (Å²) in [5.41, 5.74) is 2.03. The maximum Gasteiger partial charge on any atom is 0.240 e. The van der Waals surface area contributed by atoms with E-state index in [0.29, 0.717) is 26.2 Å². The van der Waals surface area contributed by atoms with Crippen molar-refractivity contribution in [2.75, 3.05) is 13.1 Å². The van der Waals surface area contributed by atoms with Crippen LogP contribution in [0.25, 0.3) is 0 Å². The number of benzene rings is 1. The van der Waals surface area contributed by atoms with Crippen LogP contribution < -0.4 is 10.6 Å².